The fraction of sp³-hybridized carbons (Fsp3) is 0.452. The topological polar surface area (TPSA) is 95.9 Å². The van der Waals surface area contributed by atoms with Gasteiger partial charge < -0.3 is 19.5 Å². The number of alkyl halides is 3. The third-order valence-electron chi connectivity index (χ3n) is 11.7. The van der Waals surface area contributed by atoms with Crippen molar-refractivity contribution in [1.29, 1.82) is 0 Å². The SMILES string of the molecule is COC1=CC(c2cn(C)c(=O)c3ccccc23)=CC(F)=C(CN2CCCC(C3CCN(c4ccc(NC5CCC(=O)NC5=O)cc4C(F)(F)F)CC3)CC2)C1. The zero-order valence-corrected chi connectivity index (χ0v) is 31.2. The number of rotatable bonds is 8. The first-order valence-corrected chi connectivity index (χ1v) is 19.1. The number of carbonyl (C=O) groups excluding carboxylic acids is 2. The van der Waals surface area contributed by atoms with Crippen LogP contribution in [0.5, 0.6) is 0 Å². The number of halogens is 4. The van der Waals surface area contributed by atoms with Crippen LogP contribution in [0.1, 0.15) is 62.5 Å². The predicted molar refractivity (Wildman–Crippen MR) is 205 cm³/mol. The van der Waals surface area contributed by atoms with Crippen LogP contribution in [0.15, 0.2) is 82.8 Å². The van der Waals surface area contributed by atoms with E-state index in [1.807, 2.05) is 29.2 Å². The number of nitrogens with one attached hydrogen (secondary N) is 2. The van der Waals surface area contributed by atoms with Gasteiger partial charge in [0, 0.05) is 68.0 Å². The summed E-state index contributed by atoms with van der Waals surface area (Å²) in [6.07, 6.45) is 5.72. The van der Waals surface area contributed by atoms with E-state index in [9.17, 15) is 27.6 Å². The van der Waals surface area contributed by atoms with Crippen molar-refractivity contribution in [2.45, 2.75) is 63.6 Å². The molecule has 3 aromatic rings. The average Bonchev–Trinajstić information content (AvgIpc) is 3.50. The molecule has 2 N–H and O–H groups in total. The van der Waals surface area contributed by atoms with Crippen molar-refractivity contribution >= 4 is 39.5 Å². The second-order valence-electron chi connectivity index (χ2n) is 15.2. The van der Waals surface area contributed by atoms with Crippen molar-refractivity contribution in [3.8, 4) is 0 Å². The molecule has 9 nitrogen and oxygen atoms in total. The average molecular weight is 762 g/mol. The number of anilines is 2. The summed E-state index contributed by atoms with van der Waals surface area (Å²) in [7, 11) is 3.28. The van der Waals surface area contributed by atoms with Gasteiger partial charge in [-0.15, -0.1) is 0 Å². The lowest BCUT2D eigenvalue weighted by Crippen LogP contribution is -2.47. The maximum absolute atomic E-state index is 16.1. The molecule has 55 heavy (non-hydrogen) atoms. The number of hydrogen-bond donors (Lipinski definition) is 2. The van der Waals surface area contributed by atoms with Crippen LogP contribution in [0.3, 0.4) is 0 Å². The number of amides is 2. The summed E-state index contributed by atoms with van der Waals surface area (Å²) >= 11 is 0. The summed E-state index contributed by atoms with van der Waals surface area (Å²) in [5.74, 6) is 0.229. The zero-order chi connectivity index (χ0) is 38.9. The third kappa shape index (κ3) is 8.51. The molecule has 3 saturated heterocycles. The summed E-state index contributed by atoms with van der Waals surface area (Å²) in [6, 6.07) is 10.7. The smallest absolute Gasteiger partial charge is 0.418 e. The molecule has 13 heteroatoms. The number of benzene rings is 2. The van der Waals surface area contributed by atoms with Gasteiger partial charge in [-0.05, 0) is 116 Å². The first-order valence-electron chi connectivity index (χ1n) is 19.1. The number of ether oxygens (including phenoxy) is 1. The molecule has 7 rings (SSSR count). The van der Waals surface area contributed by atoms with Crippen LogP contribution >= 0.6 is 0 Å². The molecule has 1 aromatic heterocycles. The molecule has 4 heterocycles. The lowest BCUT2D eigenvalue weighted by Gasteiger charge is -2.38. The molecule has 3 aliphatic heterocycles. The van der Waals surface area contributed by atoms with Gasteiger partial charge in [-0.1, -0.05) is 18.2 Å². The van der Waals surface area contributed by atoms with E-state index >= 15 is 4.39 Å². The van der Waals surface area contributed by atoms with Crippen molar-refractivity contribution in [3.63, 3.8) is 0 Å². The molecule has 2 aromatic carbocycles. The van der Waals surface area contributed by atoms with E-state index in [2.05, 4.69) is 15.5 Å². The highest BCUT2D eigenvalue weighted by molar-refractivity contribution is 6.01. The monoisotopic (exact) mass is 761 g/mol. The highest BCUT2D eigenvalue weighted by Crippen LogP contribution is 2.41. The minimum Gasteiger partial charge on any atom is -0.501 e. The summed E-state index contributed by atoms with van der Waals surface area (Å²) in [5, 5.41) is 6.42. The molecule has 2 unspecified atom stereocenters. The molecule has 2 amide bonds. The number of carbonyl (C=O) groups is 2. The van der Waals surface area contributed by atoms with Gasteiger partial charge >= 0.3 is 6.18 Å². The van der Waals surface area contributed by atoms with Crippen molar-refractivity contribution < 1.29 is 31.9 Å². The number of hydrogen-bond acceptors (Lipinski definition) is 7. The molecule has 0 saturated carbocycles. The molecule has 0 radical (unpaired) electrons. The van der Waals surface area contributed by atoms with E-state index in [0.29, 0.717) is 60.2 Å². The van der Waals surface area contributed by atoms with E-state index in [1.54, 1.807) is 38.6 Å². The van der Waals surface area contributed by atoms with Crippen LogP contribution in [-0.2, 0) is 27.5 Å². The maximum Gasteiger partial charge on any atom is 0.418 e. The predicted octanol–water partition coefficient (Wildman–Crippen LogP) is 7.33. The molecule has 4 aliphatic rings. The van der Waals surface area contributed by atoms with Gasteiger partial charge in [0.2, 0.25) is 11.8 Å². The number of pyridine rings is 1. The van der Waals surface area contributed by atoms with E-state index in [1.165, 1.54) is 10.6 Å². The molecule has 2 atom stereocenters. The Labute approximate surface area is 317 Å². The molecular formula is C42H47F4N5O4. The van der Waals surface area contributed by atoms with Crippen molar-refractivity contribution in [2.75, 3.05) is 50.1 Å². The highest BCUT2D eigenvalue weighted by Gasteiger charge is 2.37. The van der Waals surface area contributed by atoms with Gasteiger partial charge in [0.25, 0.3) is 5.56 Å². The number of aryl methyl sites for hydroxylation is 1. The Morgan fingerprint density at radius 1 is 0.909 bits per heavy atom. The molecule has 0 spiro atoms. The highest BCUT2D eigenvalue weighted by atomic mass is 19.4. The Morgan fingerprint density at radius 2 is 1.64 bits per heavy atom. The molecule has 292 valence electrons. The Hall–Kier alpha value is -4.91. The van der Waals surface area contributed by atoms with Crippen molar-refractivity contribution in [1.82, 2.24) is 14.8 Å². The Kier molecular flexibility index (Phi) is 11.2. The minimum absolute atomic E-state index is 0.116. The van der Waals surface area contributed by atoms with Crippen LogP contribution in [0, 0.1) is 11.8 Å². The zero-order valence-electron chi connectivity index (χ0n) is 31.2. The summed E-state index contributed by atoms with van der Waals surface area (Å²) in [5.41, 5.74) is 1.49. The van der Waals surface area contributed by atoms with E-state index in [0.717, 1.165) is 62.2 Å². The summed E-state index contributed by atoms with van der Waals surface area (Å²) < 4.78 is 66.4. The number of nitrogens with zero attached hydrogens (tertiary/aromatic N) is 3. The summed E-state index contributed by atoms with van der Waals surface area (Å²) in [6.45, 7) is 3.11. The lowest BCUT2D eigenvalue weighted by molar-refractivity contribution is -0.137. The fourth-order valence-electron chi connectivity index (χ4n) is 8.72. The van der Waals surface area contributed by atoms with Gasteiger partial charge in [0.1, 0.15) is 17.6 Å². The van der Waals surface area contributed by atoms with Crippen LogP contribution in [0.2, 0.25) is 0 Å². The van der Waals surface area contributed by atoms with Crippen LogP contribution < -0.4 is 21.1 Å². The first-order chi connectivity index (χ1) is 26.4. The van der Waals surface area contributed by atoms with Gasteiger partial charge in [-0.2, -0.15) is 13.2 Å². The maximum atomic E-state index is 16.1. The number of piperidine rings is 2. The number of imide groups is 1. The number of aromatic nitrogens is 1. The van der Waals surface area contributed by atoms with E-state index < -0.39 is 23.7 Å². The Balaban J connectivity index is 0.991. The normalized spacial score (nSPS) is 22.2. The van der Waals surface area contributed by atoms with Crippen LogP contribution in [-0.4, -0.2) is 67.2 Å². The molecular weight excluding hydrogens is 714 g/mol. The first kappa shape index (κ1) is 38.4. The number of allylic oxidation sites excluding steroid dienone is 5. The van der Waals surface area contributed by atoms with Crippen molar-refractivity contribution in [2.24, 2.45) is 18.9 Å². The van der Waals surface area contributed by atoms with Gasteiger partial charge in [0.05, 0.1) is 12.7 Å². The van der Waals surface area contributed by atoms with Crippen LogP contribution in [0.25, 0.3) is 16.3 Å². The second-order valence-corrected chi connectivity index (χ2v) is 15.2. The largest absolute Gasteiger partial charge is 0.501 e. The molecule has 3 fully saturated rings. The standard InChI is InChI=1S/C42H47F4N5O4/c1-49-25-34(32-7-3-4-8-33(32)41(49)54)28-20-31(55-2)21-29(36(43)22-28)24-50-16-5-6-26(13-17-50)27-14-18-51(19-15-27)38-11-9-30(23-35(38)42(44,45)46)47-37-10-12-39(52)48-40(37)53/h3-4,7-9,11,20,22-23,25-27,37,47H,5-6,10,12-19,21,24H2,1-2H3,(H,48,52,53). The van der Waals surface area contributed by atoms with E-state index in [-0.39, 0.29) is 41.5 Å². The lowest BCUT2D eigenvalue weighted by atomic mass is 9.80. The van der Waals surface area contributed by atoms with Crippen LogP contribution in [0.4, 0.5) is 28.9 Å². The number of methoxy groups -OCH3 is 1. The summed E-state index contributed by atoms with van der Waals surface area (Å²) in [4.78, 5) is 40.6. The second kappa shape index (κ2) is 16.1. The Bertz CT molecular complexity index is 2110. The Morgan fingerprint density at radius 3 is 2.36 bits per heavy atom. The quantitative estimate of drug-likeness (QED) is 0.183. The van der Waals surface area contributed by atoms with E-state index in [4.69, 9.17) is 4.74 Å². The number of likely N-dealkylation sites (tertiary alicyclic amines) is 1. The number of fused-ring (bicyclic) bond motifs is 1. The van der Waals surface area contributed by atoms with Gasteiger partial charge in [-0.25, -0.2) is 4.39 Å². The van der Waals surface area contributed by atoms with Crippen molar-refractivity contribution in [3.05, 3.63) is 99.5 Å². The third-order valence-corrected chi connectivity index (χ3v) is 11.7. The van der Waals surface area contributed by atoms with Gasteiger partial charge in [-0.3, -0.25) is 24.6 Å². The fourth-order valence-corrected chi connectivity index (χ4v) is 8.72. The molecule has 1 aliphatic carbocycles. The van der Waals surface area contributed by atoms with Gasteiger partial charge in [0.15, 0.2) is 0 Å². The minimum atomic E-state index is -4.58. The molecule has 0 bridgehead atoms.